The van der Waals surface area contributed by atoms with Crippen molar-refractivity contribution in [2.45, 2.75) is 44.8 Å². The smallest absolute Gasteiger partial charge is 0.400 e. The third-order valence-corrected chi connectivity index (χ3v) is 4.76. The Morgan fingerprint density at radius 2 is 1.77 bits per heavy atom. The number of rotatable bonds is 5. The Hall–Kier alpha value is -0.805. The first-order valence-electron chi connectivity index (χ1n) is 7.65. The molecule has 1 aliphatic rings. The monoisotopic (exact) mass is 321 g/mol. The topological polar surface area (TPSA) is 30.5 Å². The molecule has 0 atom stereocenters. The zero-order chi connectivity index (χ0) is 16.4. The normalized spacial score (nSPS) is 20.5. The summed E-state index contributed by atoms with van der Waals surface area (Å²) in [6.45, 7) is 8.97. The molecule has 120 valence electrons. The van der Waals surface area contributed by atoms with Crippen LogP contribution in [0.1, 0.15) is 38.8 Å². The van der Waals surface area contributed by atoms with E-state index in [9.17, 15) is 0 Å². The second-order valence-electron chi connectivity index (χ2n) is 6.67. The number of likely N-dealkylation sites (N-methyl/N-ethyl adjacent to an activating group) is 1. The van der Waals surface area contributed by atoms with Crippen molar-refractivity contribution >= 4 is 24.8 Å². The first-order valence-corrected chi connectivity index (χ1v) is 8.19. The second kappa shape index (κ2) is 6.75. The Kier molecular flexibility index (Phi) is 5.39. The van der Waals surface area contributed by atoms with Gasteiger partial charge in [-0.1, -0.05) is 30.3 Å². The van der Waals surface area contributed by atoms with Gasteiger partial charge >= 0.3 is 7.12 Å². The van der Waals surface area contributed by atoms with Crippen LogP contribution in [0.4, 0.5) is 0 Å². The third kappa shape index (κ3) is 3.57. The Morgan fingerprint density at radius 3 is 2.32 bits per heavy atom. The fourth-order valence-corrected chi connectivity index (χ4v) is 2.64. The van der Waals surface area contributed by atoms with E-state index in [4.69, 9.17) is 20.9 Å². The van der Waals surface area contributed by atoms with Crippen molar-refractivity contribution in [1.29, 1.82) is 0 Å². The van der Waals surface area contributed by atoms with Gasteiger partial charge in [-0.3, -0.25) is 0 Å². The van der Waals surface area contributed by atoms with E-state index in [1.165, 1.54) is 0 Å². The Bertz CT molecular complexity index is 541. The second-order valence-corrected chi connectivity index (χ2v) is 6.94. The minimum Gasteiger partial charge on any atom is -0.400 e. The van der Waals surface area contributed by atoms with Gasteiger partial charge in [-0.05, 0) is 51.3 Å². The molecule has 1 fully saturated rings. The molecule has 22 heavy (non-hydrogen) atoms. The van der Waals surface area contributed by atoms with Gasteiger partial charge < -0.3 is 14.6 Å². The lowest BCUT2D eigenvalue weighted by Gasteiger charge is -2.32. The average Bonchev–Trinajstić information content (AvgIpc) is 2.67. The first kappa shape index (κ1) is 17.5. The zero-order valence-corrected chi connectivity index (χ0v) is 14.8. The van der Waals surface area contributed by atoms with Crippen LogP contribution in [0.15, 0.2) is 29.7 Å². The average molecular weight is 322 g/mol. The Morgan fingerprint density at radius 1 is 1.18 bits per heavy atom. The van der Waals surface area contributed by atoms with Crippen LogP contribution >= 0.6 is 11.6 Å². The maximum atomic E-state index is 6.16. The van der Waals surface area contributed by atoms with Crippen LogP contribution in [-0.4, -0.2) is 31.9 Å². The van der Waals surface area contributed by atoms with E-state index in [0.29, 0.717) is 12.4 Å². The van der Waals surface area contributed by atoms with Crippen molar-refractivity contribution in [1.82, 2.24) is 5.32 Å². The van der Waals surface area contributed by atoms with Crippen LogP contribution in [0.25, 0.3) is 6.08 Å². The molecule has 0 aliphatic carbocycles. The van der Waals surface area contributed by atoms with E-state index in [1.54, 1.807) is 0 Å². The predicted octanol–water partition coefficient (Wildman–Crippen LogP) is 3.66. The highest BCUT2D eigenvalue weighted by Gasteiger charge is 2.52. The molecule has 1 heterocycles. The van der Waals surface area contributed by atoms with Crippen LogP contribution in [0.2, 0.25) is 0 Å². The van der Waals surface area contributed by atoms with E-state index < -0.39 is 0 Å². The molecule has 1 aromatic carbocycles. The summed E-state index contributed by atoms with van der Waals surface area (Å²) in [7, 11) is 1.58. The van der Waals surface area contributed by atoms with Gasteiger partial charge in [-0.2, -0.15) is 0 Å². The van der Waals surface area contributed by atoms with Crippen LogP contribution < -0.4 is 5.32 Å². The fraction of sp³-hybridized carbons (Fsp3) is 0.529. The quantitative estimate of drug-likeness (QED) is 0.663. The van der Waals surface area contributed by atoms with Gasteiger partial charge in [0, 0.05) is 12.4 Å². The molecule has 0 amide bonds. The predicted molar refractivity (Wildman–Crippen MR) is 94.0 cm³/mol. The van der Waals surface area contributed by atoms with Crippen molar-refractivity contribution in [3.05, 3.63) is 40.9 Å². The molecule has 3 nitrogen and oxygen atoms in total. The van der Waals surface area contributed by atoms with Crippen LogP contribution in [0.5, 0.6) is 0 Å². The molecule has 2 rings (SSSR count). The van der Waals surface area contributed by atoms with Crippen LogP contribution in [0.3, 0.4) is 0 Å². The van der Waals surface area contributed by atoms with Crippen molar-refractivity contribution < 1.29 is 9.31 Å². The van der Waals surface area contributed by atoms with Gasteiger partial charge in [0.25, 0.3) is 0 Å². The number of nitrogens with one attached hydrogen (secondary N) is 1. The number of halogens is 1. The van der Waals surface area contributed by atoms with E-state index in [1.807, 2.05) is 25.2 Å². The molecule has 0 aromatic heterocycles. The summed E-state index contributed by atoms with van der Waals surface area (Å²) >= 11 is 6.04. The largest absolute Gasteiger partial charge is 0.491 e. The van der Waals surface area contributed by atoms with Crippen molar-refractivity contribution in [3.63, 3.8) is 0 Å². The van der Waals surface area contributed by atoms with E-state index in [-0.39, 0.29) is 18.3 Å². The van der Waals surface area contributed by atoms with Gasteiger partial charge in [0.2, 0.25) is 0 Å². The summed E-state index contributed by atoms with van der Waals surface area (Å²) in [4.78, 5) is 0. The SMILES string of the molecule is CNCC(=Cc1ccccc1CCl)B1OC(C)(C)C(C)(C)O1. The van der Waals surface area contributed by atoms with Crippen LogP contribution in [0, 0.1) is 0 Å². The highest BCUT2D eigenvalue weighted by atomic mass is 35.5. The lowest BCUT2D eigenvalue weighted by molar-refractivity contribution is 0.00578. The molecule has 0 unspecified atom stereocenters. The molecule has 1 saturated heterocycles. The summed E-state index contributed by atoms with van der Waals surface area (Å²) < 4.78 is 12.3. The summed E-state index contributed by atoms with van der Waals surface area (Å²) in [6, 6.07) is 8.13. The van der Waals surface area contributed by atoms with Crippen LogP contribution in [-0.2, 0) is 15.2 Å². The fourth-order valence-electron chi connectivity index (χ4n) is 2.40. The molecular weight excluding hydrogens is 296 g/mol. The summed E-state index contributed by atoms with van der Waals surface area (Å²) in [6.07, 6.45) is 2.12. The van der Waals surface area contributed by atoms with Crippen molar-refractivity contribution in [3.8, 4) is 0 Å². The number of benzene rings is 1. The molecule has 1 aromatic rings. The maximum Gasteiger partial charge on any atom is 0.491 e. The Labute approximate surface area is 139 Å². The van der Waals surface area contributed by atoms with E-state index in [0.717, 1.165) is 16.6 Å². The summed E-state index contributed by atoms with van der Waals surface area (Å²) in [5.41, 5.74) is 2.61. The van der Waals surface area contributed by atoms with E-state index in [2.05, 4.69) is 45.2 Å². The van der Waals surface area contributed by atoms with E-state index >= 15 is 0 Å². The molecule has 1 N–H and O–H groups in total. The van der Waals surface area contributed by atoms with Gasteiger partial charge in [-0.15, -0.1) is 11.6 Å². The Balaban J connectivity index is 2.33. The van der Waals surface area contributed by atoms with Gasteiger partial charge in [0.15, 0.2) is 0 Å². The minimum atomic E-state index is -0.346. The molecule has 1 aliphatic heterocycles. The summed E-state index contributed by atoms with van der Waals surface area (Å²) in [5, 5.41) is 3.20. The lowest BCUT2D eigenvalue weighted by Crippen LogP contribution is -2.41. The third-order valence-electron chi connectivity index (χ3n) is 4.48. The van der Waals surface area contributed by atoms with Gasteiger partial charge in [0.05, 0.1) is 11.2 Å². The highest BCUT2D eigenvalue weighted by molar-refractivity contribution is 6.56. The molecule has 0 spiro atoms. The highest BCUT2D eigenvalue weighted by Crippen LogP contribution is 2.38. The lowest BCUT2D eigenvalue weighted by atomic mass is 9.76. The molecule has 0 saturated carbocycles. The minimum absolute atomic E-state index is 0.337. The zero-order valence-electron chi connectivity index (χ0n) is 14.1. The first-order chi connectivity index (χ1) is 10.3. The number of hydrogen-bond acceptors (Lipinski definition) is 3. The maximum absolute atomic E-state index is 6.16. The van der Waals surface area contributed by atoms with Crippen molar-refractivity contribution in [2.75, 3.05) is 13.6 Å². The van der Waals surface area contributed by atoms with Crippen molar-refractivity contribution in [2.24, 2.45) is 0 Å². The van der Waals surface area contributed by atoms with Gasteiger partial charge in [0.1, 0.15) is 0 Å². The van der Waals surface area contributed by atoms with Gasteiger partial charge in [-0.25, -0.2) is 0 Å². The number of hydrogen-bond donors (Lipinski definition) is 1. The molecule has 5 heteroatoms. The molecule has 0 radical (unpaired) electrons. The molecular formula is C17H25BClNO2. The summed E-state index contributed by atoms with van der Waals surface area (Å²) in [5.74, 6) is 0.489. The standard InChI is InChI=1S/C17H25BClNO2/c1-16(2)17(3,4)22-18(21-16)15(12-20-5)10-13-8-6-7-9-14(13)11-19/h6-10,20H,11-12H2,1-5H3. The molecule has 0 bridgehead atoms. The number of alkyl halides is 1.